The summed E-state index contributed by atoms with van der Waals surface area (Å²) in [5.74, 6) is 0. The summed E-state index contributed by atoms with van der Waals surface area (Å²) in [6, 6.07) is 0.649. The van der Waals surface area contributed by atoms with E-state index in [-0.39, 0.29) is 0 Å². The van der Waals surface area contributed by atoms with Crippen LogP contribution in [0.4, 0.5) is 0 Å². The second kappa shape index (κ2) is 6.35. The van der Waals surface area contributed by atoms with E-state index in [1.165, 1.54) is 32.5 Å². The van der Waals surface area contributed by atoms with Gasteiger partial charge in [0, 0.05) is 32.2 Å². The monoisotopic (exact) mass is 185 g/mol. The van der Waals surface area contributed by atoms with Gasteiger partial charge in [0.25, 0.3) is 0 Å². The van der Waals surface area contributed by atoms with Gasteiger partial charge in [0.1, 0.15) is 0 Å². The smallest absolute Gasteiger partial charge is 0.0320 e. The molecule has 1 atom stereocenters. The fourth-order valence-corrected chi connectivity index (χ4v) is 1.71. The van der Waals surface area contributed by atoms with Gasteiger partial charge in [0.2, 0.25) is 0 Å². The Morgan fingerprint density at radius 2 is 2.38 bits per heavy atom. The van der Waals surface area contributed by atoms with Crippen molar-refractivity contribution in [2.45, 2.75) is 25.8 Å². The van der Waals surface area contributed by atoms with Crippen LogP contribution < -0.4 is 10.6 Å². The Bertz CT molecular complexity index is 127. The molecule has 0 spiro atoms. The molecule has 78 valence electrons. The predicted molar refractivity (Wildman–Crippen MR) is 57.1 cm³/mol. The predicted octanol–water partition coefficient (Wildman–Crippen LogP) is 0.280. The van der Waals surface area contributed by atoms with Crippen molar-refractivity contribution in [1.82, 2.24) is 15.5 Å². The second-order valence-corrected chi connectivity index (χ2v) is 3.97. The lowest BCUT2D eigenvalue weighted by molar-refractivity contribution is 0.235. The van der Waals surface area contributed by atoms with Crippen LogP contribution in [0.25, 0.3) is 0 Å². The minimum absolute atomic E-state index is 0.649. The molecule has 0 radical (unpaired) electrons. The molecule has 13 heavy (non-hydrogen) atoms. The highest BCUT2D eigenvalue weighted by molar-refractivity contribution is 4.78. The van der Waals surface area contributed by atoms with Crippen LogP contribution in [0.15, 0.2) is 0 Å². The van der Waals surface area contributed by atoms with E-state index in [1.807, 2.05) is 0 Å². The summed E-state index contributed by atoms with van der Waals surface area (Å²) in [4.78, 5) is 2.39. The Balaban J connectivity index is 2.00. The summed E-state index contributed by atoms with van der Waals surface area (Å²) in [6.07, 6.45) is 2.58. The average Bonchev–Trinajstić information content (AvgIpc) is 2.13. The van der Waals surface area contributed by atoms with E-state index >= 15 is 0 Å². The zero-order chi connectivity index (χ0) is 9.52. The van der Waals surface area contributed by atoms with Gasteiger partial charge in [-0.1, -0.05) is 13.3 Å². The van der Waals surface area contributed by atoms with Crippen molar-refractivity contribution in [3.8, 4) is 0 Å². The van der Waals surface area contributed by atoms with Crippen molar-refractivity contribution in [1.29, 1.82) is 0 Å². The van der Waals surface area contributed by atoms with Gasteiger partial charge in [-0.2, -0.15) is 0 Å². The van der Waals surface area contributed by atoms with Crippen LogP contribution in [0.3, 0.4) is 0 Å². The van der Waals surface area contributed by atoms with Gasteiger partial charge in [-0.25, -0.2) is 0 Å². The first-order valence-electron chi connectivity index (χ1n) is 5.45. The highest BCUT2D eigenvalue weighted by Crippen LogP contribution is 1.94. The van der Waals surface area contributed by atoms with E-state index < -0.39 is 0 Å². The maximum atomic E-state index is 3.52. The minimum atomic E-state index is 0.649. The number of hydrogen-bond acceptors (Lipinski definition) is 3. The normalized spacial score (nSPS) is 24.9. The fraction of sp³-hybridized carbons (Fsp3) is 1.00. The molecular formula is C10H23N3. The van der Waals surface area contributed by atoms with Gasteiger partial charge >= 0.3 is 0 Å². The molecule has 0 bridgehead atoms. The van der Waals surface area contributed by atoms with Crippen LogP contribution in [-0.2, 0) is 0 Å². The van der Waals surface area contributed by atoms with Crippen molar-refractivity contribution in [3.63, 3.8) is 0 Å². The van der Waals surface area contributed by atoms with Crippen LogP contribution >= 0.6 is 0 Å². The second-order valence-electron chi connectivity index (χ2n) is 3.97. The standard InChI is InChI=1S/C10H23N3/c1-3-4-5-11-8-10-9-13(2)7-6-12-10/h10-12H,3-9H2,1-2H3. The molecule has 0 aromatic rings. The number of piperazine rings is 1. The maximum absolute atomic E-state index is 3.52. The molecule has 0 aliphatic carbocycles. The van der Waals surface area contributed by atoms with E-state index in [4.69, 9.17) is 0 Å². The fourth-order valence-electron chi connectivity index (χ4n) is 1.71. The molecule has 3 heteroatoms. The van der Waals surface area contributed by atoms with Gasteiger partial charge in [0.05, 0.1) is 0 Å². The largest absolute Gasteiger partial charge is 0.315 e. The Kier molecular flexibility index (Phi) is 5.35. The molecule has 0 saturated carbocycles. The Morgan fingerprint density at radius 1 is 1.54 bits per heavy atom. The van der Waals surface area contributed by atoms with Crippen molar-refractivity contribution >= 4 is 0 Å². The Morgan fingerprint density at radius 3 is 3.08 bits per heavy atom. The van der Waals surface area contributed by atoms with Crippen molar-refractivity contribution < 1.29 is 0 Å². The molecular weight excluding hydrogens is 162 g/mol. The van der Waals surface area contributed by atoms with Crippen LogP contribution in [-0.4, -0.2) is 50.7 Å². The third kappa shape index (κ3) is 4.60. The summed E-state index contributed by atoms with van der Waals surface area (Å²) >= 11 is 0. The molecule has 0 aromatic carbocycles. The van der Waals surface area contributed by atoms with Gasteiger partial charge in [-0.15, -0.1) is 0 Å². The molecule has 2 N–H and O–H groups in total. The third-order valence-electron chi connectivity index (χ3n) is 2.56. The minimum Gasteiger partial charge on any atom is -0.315 e. The number of rotatable bonds is 5. The molecule has 0 amide bonds. The molecule has 1 saturated heterocycles. The van der Waals surface area contributed by atoms with E-state index in [0.29, 0.717) is 6.04 Å². The molecule has 0 aromatic heterocycles. The number of unbranched alkanes of at least 4 members (excludes halogenated alkanes) is 1. The Labute approximate surface area is 81.9 Å². The number of nitrogens with zero attached hydrogens (tertiary/aromatic N) is 1. The number of likely N-dealkylation sites (N-methyl/N-ethyl adjacent to an activating group) is 1. The highest BCUT2D eigenvalue weighted by atomic mass is 15.2. The van der Waals surface area contributed by atoms with Gasteiger partial charge in [-0.3, -0.25) is 0 Å². The van der Waals surface area contributed by atoms with Crippen LogP contribution in [0, 0.1) is 0 Å². The molecule has 1 unspecified atom stereocenters. The summed E-state index contributed by atoms with van der Waals surface area (Å²) in [6.45, 7) is 8.01. The highest BCUT2D eigenvalue weighted by Gasteiger charge is 2.14. The lowest BCUT2D eigenvalue weighted by Crippen LogP contribution is -2.53. The van der Waals surface area contributed by atoms with Crippen LogP contribution in [0.2, 0.25) is 0 Å². The summed E-state index contributed by atoms with van der Waals surface area (Å²) in [7, 11) is 2.19. The number of nitrogens with one attached hydrogen (secondary N) is 2. The molecule has 1 fully saturated rings. The van der Waals surface area contributed by atoms with Crippen molar-refractivity contribution in [2.75, 3.05) is 39.8 Å². The van der Waals surface area contributed by atoms with E-state index in [1.54, 1.807) is 0 Å². The van der Waals surface area contributed by atoms with Crippen LogP contribution in [0.5, 0.6) is 0 Å². The van der Waals surface area contributed by atoms with Crippen LogP contribution in [0.1, 0.15) is 19.8 Å². The van der Waals surface area contributed by atoms with Gasteiger partial charge < -0.3 is 15.5 Å². The zero-order valence-corrected chi connectivity index (χ0v) is 8.97. The summed E-state index contributed by atoms with van der Waals surface area (Å²) < 4.78 is 0. The van der Waals surface area contributed by atoms with Crippen molar-refractivity contribution in [3.05, 3.63) is 0 Å². The van der Waals surface area contributed by atoms with Gasteiger partial charge in [0.15, 0.2) is 0 Å². The molecule has 3 nitrogen and oxygen atoms in total. The SMILES string of the molecule is CCCCNCC1CN(C)CCN1. The third-order valence-corrected chi connectivity index (χ3v) is 2.56. The van der Waals surface area contributed by atoms with E-state index in [9.17, 15) is 0 Å². The average molecular weight is 185 g/mol. The molecule has 1 rings (SSSR count). The Hall–Kier alpha value is -0.120. The summed E-state index contributed by atoms with van der Waals surface area (Å²) in [5, 5.41) is 7.01. The zero-order valence-electron chi connectivity index (χ0n) is 8.97. The first-order valence-corrected chi connectivity index (χ1v) is 5.45. The topological polar surface area (TPSA) is 27.3 Å². The summed E-state index contributed by atoms with van der Waals surface area (Å²) in [5.41, 5.74) is 0. The van der Waals surface area contributed by atoms with E-state index in [0.717, 1.165) is 13.1 Å². The molecule has 1 aliphatic rings. The first kappa shape index (κ1) is 11.0. The van der Waals surface area contributed by atoms with E-state index in [2.05, 4.69) is 29.5 Å². The first-order chi connectivity index (χ1) is 6.33. The maximum Gasteiger partial charge on any atom is 0.0320 e. The number of hydrogen-bond donors (Lipinski definition) is 2. The molecule has 1 aliphatic heterocycles. The quantitative estimate of drug-likeness (QED) is 0.603. The molecule has 1 heterocycles. The van der Waals surface area contributed by atoms with Gasteiger partial charge in [-0.05, 0) is 20.0 Å². The lowest BCUT2D eigenvalue weighted by atomic mass is 10.2. The lowest BCUT2D eigenvalue weighted by Gasteiger charge is -2.31. The van der Waals surface area contributed by atoms with Crippen molar-refractivity contribution in [2.24, 2.45) is 0 Å².